The van der Waals surface area contributed by atoms with Gasteiger partial charge in [0.2, 0.25) is 0 Å². The normalized spacial score (nSPS) is 10.7. The van der Waals surface area contributed by atoms with Crippen molar-refractivity contribution in [1.82, 2.24) is 4.57 Å². The van der Waals surface area contributed by atoms with Gasteiger partial charge in [-0.3, -0.25) is 0 Å². The third-order valence-electron chi connectivity index (χ3n) is 11.7. The molecule has 0 spiro atoms. The third kappa shape index (κ3) is 9.89. The lowest BCUT2D eigenvalue weighted by Gasteiger charge is -2.26. The monoisotopic (exact) mass is 836 g/mol. The Kier molecular flexibility index (Phi) is 12.9. The maximum absolute atomic E-state index is 2.42. The Labute approximate surface area is 384 Å². The van der Waals surface area contributed by atoms with Gasteiger partial charge < -0.3 is 9.47 Å². The summed E-state index contributed by atoms with van der Waals surface area (Å²) in [7, 11) is 0. The molecule has 65 heavy (non-hydrogen) atoms. The fourth-order valence-corrected chi connectivity index (χ4v) is 8.44. The third-order valence-corrected chi connectivity index (χ3v) is 11.7. The fraction of sp³-hybridized carbons (Fsp3) is 0.0476. The van der Waals surface area contributed by atoms with Gasteiger partial charge in [-0.1, -0.05) is 205 Å². The topological polar surface area (TPSA) is 8.17 Å². The molecule has 0 aliphatic rings. The van der Waals surface area contributed by atoms with Crippen LogP contribution in [-0.4, -0.2) is 4.57 Å². The lowest BCUT2D eigenvalue weighted by molar-refractivity contribution is 1.18. The zero-order valence-electron chi connectivity index (χ0n) is 37.2. The van der Waals surface area contributed by atoms with Crippen molar-refractivity contribution >= 4 is 38.9 Å². The maximum Gasteiger partial charge on any atom is 0.0541 e. The predicted octanol–water partition coefficient (Wildman–Crippen LogP) is 17.6. The van der Waals surface area contributed by atoms with Crippen molar-refractivity contribution in [1.29, 1.82) is 0 Å². The van der Waals surface area contributed by atoms with E-state index in [1.165, 1.54) is 71.9 Å². The van der Waals surface area contributed by atoms with Gasteiger partial charge in [-0.15, -0.1) is 0 Å². The van der Waals surface area contributed by atoms with E-state index < -0.39 is 0 Å². The lowest BCUT2D eigenvalue weighted by atomic mass is 9.99. The highest BCUT2D eigenvalue weighted by molar-refractivity contribution is 6.11. The summed E-state index contributed by atoms with van der Waals surface area (Å²) in [6.45, 7) is 6.32. The summed E-state index contributed by atoms with van der Waals surface area (Å²) in [4.78, 5) is 2.32. The van der Waals surface area contributed by atoms with Gasteiger partial charge in [-0.2, -0.15) is 0 Å². The number of hydrogen-bond donors (Lipinski definition) is 0. The van der Waals surface area contributed by atoms with Crippen LogP contribution in [0.5, 0.6) is 0 Å². The predicted molar refractivity (Wildman–Crippen MR) is 279 cm³/mol. The van der Waals surface area contributed by atoms with Crippen molar-refractivity contribution in [2.45, 2.75) is 20.8 Å². The Morgan fingerprint density at radius 1 is 0.262 bits per heavy atom. The number of benzene rings is 10. The quantitative estimate of drug-likeness (QED) is 0.155. The minimum atomic E-state index is 1.12. The Balaban J connectivity index is 0.000000325. The van der Waals surface area contributed by atoms with Gasteiger partial charge in [0.1, 0.15) is 0 Å². The number of anilines is 3. The summed E-state index contributed by atoms with van der Waals surface area (Å²) in [6, 6.07) is 92.8. The first-order chi connectivity index (χ1) is 32.0. The van der Waals surface area contributed by atoms with Crippen molar-refractivity contribution in [2.75, 3.05) is 4.90 Å². The Hall–Kier alpha value is -8.20. The molecule has 1 aromatic heterocycles. The summed E-state index contributed by atoms with van der Waals surface area (Å²) < 4.78 is 2.42. The molecule has 2 heteroatoms. The van der Waals surface area contributed by atoms with Crippen LogP contribution in [0.1, 0.15) is 16.7 Å². The van der Waals surface area contributed by atoms with Gasteiger partial charge in [0.15, 0.2) is 0 Å². The Morgan fingerprint density at radius 3 is 1.11 bits per heavy atom. The molecule has 314 valence electrons. The summed E-state index contributed by atoms with van der Waals surface area (Å²) in [5.74, 6) is 0. The van der Waals surface area contributed by atoms with E-state index in [0.29, 0.717) is 0 Å². The van der Waals surface area contributed by atoms with Crippen LogP contribution in [0.4, 0.5) is 17.1 Å². The Morgan fingerprint density at radius 2 is 0.631 bits per heavy atom. The molecule has 0 atom stereocenters. The van der Waals surface area contributed by atoms with E-state index >= 15 is 0 Å². The van der Waals surface area contributed by atoms with E-state index in [-0.39, 0.29) is 0 Å². The van der Waals surface area contributed by atoms with E-state index in [1.807, 2.05) is 36.4 Å². The zero-order valence-corrected chi connectivity index (χ0v) is 37.2. The van der Waals surface area contributed by atoms with Gasteiger partial charge in [-0.25, -0.2) is 0 Å². The molecule has 1 heterocycles. The number of rotatable bonds is 7. The van der Waals surface area contributed by atoms with Crippen molar-refractivity contribution in [3.8, 4) is 39.1 Å². The first-order valence-electron chi connectivity index (χ1n) is 22.3. The second kappa shape index (κ2) is 19.9. The van der Waals surface area contributed by atoms with Crippen molar-refractivity contribution in [3.63, 3.8) is 0 Å². The van der Waals surface area contributed by atoms with Gasteiger partial charge in [0, 0.05) is 33.5 Å². The standard InChI is InChI=1S/C49H36N2.2C7H8/c1-35-14-11-17-37(30-35)40-26-28-48-46(33-40)47-34-41(27-29-49(47)51(48)45-25-12-18-38(31-45)36-15-5-2-6-16-36)39-19-13-24-44(32-39)50(42-20-7-3-8-21-42)43-22-9-4-10-23-43;2*1-7-5-3-2-4-6-7/h2-34H,1H3;2*2-6H,1H3. The summed E-state index contributed by atoms with van der Waals surface area (Å²) in [5.41, 5.74) is 18.0. The number of hydrogen-bond acceptors (Lipinski definition) is 1. The van der Waals surface area contributed by atoms with Crippen LogP contribution in [-0.2, 0) is 0 Å². The summed E-state index contributed by atoms with van der Waals surface area (Å²) >= 11 is 0. The van der Waals surface area contributed by atoms with Crippen molar-refractivity contribution in [2.24, 2.45) is 0 Å². The highest BCUT2D eigenvalue weighted by Gasteiger charge is 2.17. The van der Waals surface area contributed by atoms with Crippen LogP contribution in [0, 0.1) is 20.8 Å². The number of aryl methyl sites for hydroxylation is 3. The molecular weight excluding hydrogens is 785 g/mol. The largest absolute Gasteiger partial charge is 0.310 e. The molecule has 0 saturated carbocycles. The van der Waals surface area contributed by atoms with Crippen LogP contribution in [0.3, 0.4) is 0 Å². The highest BCUT2D eigenvalue weighted by atomic mass is 15.1. The van der Waals surface area contributed by atoms with Crippen molar-refractivity contribution in [3.05, 3.63) is 278 Å². The average Bonchev–Trinajstić information content (AvgIpc) is 3.69. The molecule has 10 aromatic carbocycles. The van der Waals surface area contributed by atoms with Crippen LogP contribution < -0.4 is 4.90 Å². The maximum atomic E-state index is 2.42. The first kappa shape index (κ1) is 42.1. The Bertz CT molecular complexity index is 3190. The number of nitrogens with zero attached hydrogens (tertiary/aromatic N) is 2. The molecular formula is C63H52N2. The molecule has 2 nitrogen and oxygen atoms in total. The van der Waals surface area contributed by atoms with E-state index in [1.54, 1.807) is 0 Å². The molecule has 0 aliphatic heterocycles. The van der Waals surface area contributed by atoms with Crippen LogP contribution in [0.25, 0.3) is 60.9 Å². The first-order valence-corrected chi connectivity index (χ1v) is 22.3. The van der Waals surface area contributed by atoms with Crippen LogP contribution >= 0.6 is 0 Å². The smallest absolute Gasteiger partial charge is 0.0541 e. The van der Waals surface area contributed by atoms with E-state index in [9.17, 15) is 0 Å². The number of aromatic nitrogens is 1. The van der Waals surface area contributed by atoms with Crippen LogP contribution in [0.15, 0.2) is 261 Å². The minimum Gasteiger partial charge on any atom is -0.310 e. The zero-order chi connectivity index (χ0) is 44.4. The van der Waals surface area contributed by atoms with Gasteiger partial charge >= 0.3 is 0 Å². The molecule has 0 N–H and O–H groups in total. The second-order valence-corrected chi connectivity index (χ2v) is 16.5. The number of fused-ring (bicyclic) bond motifs is 3. The molecule has 0 radical (unpaired) electrons. The van der Waals surface area contributed by atoms with Crippen LogP contribution in [0.2, 0.25) is 0 Å². The molecule has 0 bridgehead atoms. The van der Waals surface area contributed by atoms with Gasteiger partial charge in [0.05, 0.1) is 11.0 Å². The highest BCUT2D eigenvalue weighted by Crippen LogP contribution is 2.40. The van der Waals surface area contributed by atoms with Crippen molar-refractivity contribution < 1.29 is 0 Å². The molecule has 0 fully saturated rings. The number of para-hydroxylation sites is 2. The molecule has 0 amide bonds. The van der Waals surface area contributed by atoms with E-state index in [0.717, 1.165) is 22.7 Å². The summed E-state index contributed by atoms with van der Waals surface area (Å²) in [5, 5.41) is 2.47. The minimum absolute atomic E-state index is 1.12. The average molecular weight is 837 g/mol. The molecule has 0 unspecified atom stereocenters. The van der Waals surface area contributed by atoms with Gasteiger partial charge in [0.25, 0.3) is 0 Å². The van der Waals surface area contributed by atoms with Gasteiger partial charge in [-0.05, 0) is 127 Å². The summed E-state index contributed by atoms with van der Waals surface area (Å²) in [6.07, 6.45) is 0. The molecule has 11 aromatic rings. The molecule has 0 saturated heterocycles. The lowest BCUT2D eigenvalue weighted by Crippen LogP contribution is -2.09. The molecule has 11 rings (SSSR count). The fourth-order valence-electron chi connectivity index (χ4n) is 8.44. The SMILES string of the molecule is Cc1cccc(-c2ccc3c(c2)c2cc(-c4cccc(N(c5ccccc5)c5ccccc5)c4)ccc2n3-c2cccc(-c3ccccc3)c2)c1.Cc1ccccc1.Cc1ccccc1. The second-order valence-electron chi connectivity index (χ2n) is 16.5. The van der Waals surface area contributed by atoms with E-state index in [2.05, 4.69) is 255 Å². The van der Waals surface area contributed by atoms with E-state index in [4.69, 9.17) is 0 Å². The molecule has 0 aliphatic carbocycles.